The van der Waals surface area contributed by atoms with Crippen LogP contribution in [0.15, 0.2) is 34.9 Å². The van der Waals surface area contributed by atoms with Crippen LogP contribution in [0.1, 0.15) is 18.9 Å². The third-order valence-corrected chi connectivity index (χ3v) is 3.15. The molecule has 0 amide bonds. The number of fused-ring (bicyclic) bond motifs is 1. The maximum atomic E-state index is 10.6. The molecule has 0 saturated carbocycles. The quantitative estimate of drug-likeness (QED) is 0.868. The maximum absolute atomic E-state index is 10.6. The SMILES string of the molecule is CC(CC(=O)O)CN(C)Cc1coc2ccccc12. The number of carboxylic acid groups (broad SMARTS) is 1. The summed E-state index contributed by atoms with van der Waals surface area (Å²) in [5, 5.41) is 9.89. The van der Waals surface area contributed by atoms with Crippen molar-refractivity contribution in [1.29, 1.82) is 0 Å². The van der Waals surface area contributed by atoms with Crippen molar-refractivity contribution >= 4 is 16.9 Å². The van der Waals surface area contributed by atoms with Crippen LogP contribution in [-0.4, -0.2) is 29.6 Å². The Balaban J connectivity index is 1.99. The molecule has 1 aromatic carbocycles. The predicted molar refractivity (Wildman–Crippen MR) is 74.0 cm³/mol. The monoisotopic (exact) mass is 261 g/mol. The minimum absolute atomic E-state index is 0.140. The highest BCUT2D eigenvalue weighted by Crippen LogP contribution is 2.22. The molecule has 0 radical (unpaired) electrons. The summed E-state index contributed by atoms with van der Waals surface area (Å²) in [5.41, 5.74) is 2.03. The van der Waals surface area contributed by atoms with Gasteiger partial charge < -0.3 is 14.4 Å². The Morgan fingerprint density at radius 2 is 2.16 bits per heavy atom. The molecule has 0 aliphatic rings. The van der Waals surface area contributed by atoms with Crippen LogP contribution >= 0.6 is 0 Å². The zero-order valence-corrected chi connectivity index (χ0v) is 11.3. The number of rotatable bonds is 6. The van der Waals surface area contributed by atoms with Crippen molar-refractivity contribution in [3.8, 4) is 0 Å². The van der Waals surface area contributed by atoms with Crippen LogP contribution in [0.25, 0.3) is 11.0 Å². The van der Waals surface area contributed by atoms with E-state index in [-0.39, 0.29) is 12.3 Å². The predicted octanol–water partition coefficient (Wildman–Crippen LogP) is 2.98. The molecule has 2 rings (SSSR count). The number of carbonyl (C=O) groups is 1. The number of hydrogen-bond acceptors (Lipinski definition) is 3. The minimum atomic E-state index is -0.741. The lowest BCUT2D eigenvalue weighted by molar-refractivity contribution is -0.138. The number of furan rings is 1. The molecule has 4 heteroatoms. The van der Waals surface area contributed by atoms with Crippen LogP contribution in [-0.2, 0) is 11.3 Å². The molecule has 0 bridgehead atoms. The van der Waals surface area contributed by atoms with E-state index in [0.29, 0.717) is 0 Å². The minimum Gasteiger partial charge on any atom is -0.481 e. The van der Waals surface area contributed by atoms with Crippen LogP contribution in [0.2, 0.25) is 0 Å². The molecule has 1 atom stereocenters. The fraction of sp³-hybridized carbons (Fsp3) is 0.400. The molecule has 0 spiro atoms. The van der Waals surface area contributed by atoms with Gasteiger partial charge in [0, 0.05) is 30.5 Å². The summed E-state index contributed by atoms with van der Waals surface area (Å²) >= 11 is 0. The second-order valence-corrected chi connectivity index (χ2v) is 5.16. The van der Waals surface area contributed by atoms with Crippen molar-refractivity contribution in [2.75, 3.05) is 13.6 Å². The van der Waals surface area contributed by atoms with Crippen molar-refractivity contribution < 1.29 is 14.3 Å². The molecular weight excluding hydrogens is 242 g/mol. The first kappa shape index (κ1) is 13.6. The summed E-state index contributed by atoms with van der Waals surface area (Å²) in [6.45, 7) is 3.48. The Morgan fingerprint density at radius 1 is 1.42 bits per heavy atom. The molecule has 0 saturated heterocycles. The van der Waals surface area contributed by atoms with Gasteiger partial charge in [0.15, 0.2) is 0 Å². The molecular formula is C15H19NO3. The van der Waals surface area contributed by atoms with Crippen molar-refractivity contribution in [3.05, 3.63) is 36.1 Å². The van der Waals surface area contributed by atoms with Crippen molar-refractivity contribution in [2.24, 2.45) is 5.92 Å². The Morgan fingerprint density at radius 3 is 2.89 bits per heavy atom. The van der Waals surface area contributed by atoms with Gasteiger partial charge in [-0.1, -0.05) is 25.1 Å². The Kier molecular flexibility index (Phi) is 4.22. The smallest absolute Gasteiger partial charge is 0.303 e. The van der Waals surface area contributed by atoms with Crippen molar-refractivity contribution in [3.63, 3.8) is 0 Å². The highest BCUT2D eigenvalue weighted by molar-refractivity contribution is 5.80. The van der Waals surface area contributed by atoms with E-state index in [4.69, 9.17) is 9.52 Å². The van der Waals surface area contributed by atoms with Gasteiger partial charge in [0.05, 0.1) is 6.26 Å². The summed E-state index contributed by atoms with van der Waals surface area (Å²) in [6, 6.07) is 7.94. The van der Waals surface area contributed by atoms with Gasteiger partial charge in [0.1, 0.15) is 5.58 Å². The lowest BCUT2D eigenvalue weighted by Crippen LogP contribution is -2.25. The highest BCUT2D eigenvalue weighted by atomic mass is 16.4. The lowest BCUT2D eigenvalue weighted by Gasteiger charge is -2.19. The van der Waals surface area contributed by atoms with Gasteiger partial charge in [-0.2, -0.15) is 0 Å². The molecule has 0 aliphatic carbocycles. The zero-order chi connectivity index (χ0) is 13.8. The Bertz CT molecular complexity index is 561. The van der Waals surface area contributed by atoms with Gasteiger partial charge in [-0.05, 0) is 19.0 Å². The van der Waals surface area contributed by atoms with Gasteiger partial charge in [-0.25, -0.2) is 0 Å². The average Bonchev–Trinajstić information content (AvgIpc) is 2.71. The topological polar surface area (TPSA) is 53.7 Å². The van der Waals surface area contributed by atoms with Gasteiger partial charge in [0.25, 0.3) is 0 Å². The Hall–Kier alpha value is -1.81. The Labute approximate surface area is 112 Å². The van der Waals surface area contributed by atoms with Gasteiger partial charge in [0.2, 0.25) is 0 Å². The fourth-order valence-electron chi connectivity index (χ4n) is 2.41. The first-order chi connectivity index (χ1) is 9.06. The summed E-state index contributed by atoms with van der Waals surface area (Å²) in [6.07, 6.45) is 1.99. The second-order valence-electron chi connectivity index (χ2n) is 5.16. The summed E-state index contributed by atoms with van der Waals surface area (Å²) < 4.78 is 5.50. The van der Waals surface area contributed by atoms with E-state index in [1.54, 1.807) is 6.26 Å². The highest BCUT2D eigenvalue weighted by Gasteiger charge is 2.12. The van der Waals surface area contributed by atoms with E-state index in [9.17, 15) is 4.79 Å². The van der Waals surface area contributed by atoms with E-state index in [2.05, 4.69) is 4.90 Å². The third-order valence-electron chi connectivity index (χ3n) is 3.15. The maximum Gasteiger partial charge on any atom is 0.303 e. The first-order valence-electron chi connectivity index (χ1n) is 6.41. The van der Waals surface area contributed by atoms with Crippen molar-refractivity contribution in [1.82, 2.24) is 4.90 Å². The second kappa shape index (κ2) is 5.89. The number of benzene rings is 1. The largest absolute Gasteiger partial charge is 0.481 e. The van der Waals surface area contributed by atoms with E-state index >= 15 is 0 Å². The summed E-state index contributed by atoms with van der Waals surface area (Å²) in [7, 11) is 2.00. The molecule has 19 heavy (non-hydrogen) atoms. The molecule has 1 aromatic heterocycles. The number of carboxylic acids is 1. The zero-order valence-electron chi connectivity index (χ0n) is 11.3. The molecule has 1 N–H and O–H groups in total. The number of hydrogen-bond donors (Lipinski definition) is 1. The molecule has 0 aliphatic heterocycles. The number of nitrogens with zero attached hydrogens (tertiary/aromatic N) is 1. The molecule has 102 valence electrons. The number of para-hydroxylation sites is 1. The first-order valence-corrected chi connectivity index (χ1v) is 6.41. The lowest BCUT2D eigenvalue weighted by atomic mass is 10.1. The van der Waals surface area contributed by atoms with E-state index in [1.165, 1.54) is 0 Å². The van der Waals surface area contributed by atoms with Crippen LogP contribution in [0.5, 0.6) is 0 Å². The fourth-order valence-corrected chi connectivity index (χ4v) is 2.41. The van der Waals surface area contributed by atoms with Gasteiger partial charge >= 0.3 is 5.97 Å². The normalized spacial score (nSPS) is 13.0. The molecule has 2 aromatic rings. The molecule has 1 heterocycles. The van der Waals surface area contributed by atoms with Gasteiger partial charge in [-0.3, -0.25) is 4.79 Å². The van der Waals surface area contributed by atoms with E-state index in [0.717, 1.165) is 29.6 Å². The van der Waals surface area contributed by atoms with E-state index in [1.807, 2.05) is 38.2 Å². The summed E-state index contributed by atoms with van der Waals surface area (Å²) in [4.78, 5) is 12.8. The molecule has 1 unspecified atom stereocenters. The van der Waals surface area contributed by atoms with Crippen LogP contribution < -0.4 is 0 Å². The third kappa shape index (κ3) is 3.58. The van der Waals surface area contributed by atoms with Crippen LogP contribution in [0.3, 0.4) is 0 Å². The molecule has 4 nitrogen and oxygen atoms in total. The summed E-state index contributed by atoms with van der Waals surface area (Å²) in [5.74, 6) is -0.602. The van der Waals surface area contributed by atoms with Gasteiger partial charge in [-0.15, -0.1) is 0 Å². The van der Waals surface area contributed by atoms with E-state index < -0.39 is 5.97 Å². The van der Waals surface area contributed by atoms with Crippen LogP contribution in [0.4, 0.5) is 0 Å². The standard InChI is InChI=1S/C15H19NO3/c1-11(7-15(17)18)8-16(2)9-12-10-19-14-6-4-3-5-13(12)14/h3-6,10-11H,7-9H2,1-2H3,(H,17,18). The van der Waals surface area contributed by atoms with Crippen LogP contribution in [0, 0.1) is 5.92 Å². The average molecular weight is 261 g/mol. The van der Waals surface area contributed by atoms with Crippen molar-refractivity contribution in [2.45, 2.75) is 19.9 Å². The number of aliphatic carboxylic acids is 1. The molecule has 0 fully saturated rings.